The lowest BCUT2D eigenvalue weighted by Gasteiger charge is -2.11. The number of aryl methyl sites for hydroxylation is 1. The summed E-state index contributed by atoms with van der Waals surface area (Å²) in [7, 11) is 1.53. The van der Waals surface area contributed by atoms with E-state index in [0.29, 0.717) is 22.4 Å². The van der Waals surface area contributed by atoms with E-state index in [-0.39, 0.29) is 12.2 Å². The van der Waals surface area contributed by atoms with Gasteiger partial charge in [0.2, 0.25) is 0 Å². The molecule has 36 heavy (non-hydrogen) atoms. The van der Waals surface area contributed by atoms with Crippen LogP contribution in [-0.2, 0) is 12.7 Å². The maximum absolute atomic E-state index is 13.1. The molecule has 5 aromatic rings. The third-order valence-electron chi connectivity index (χ3n) is 5.66. The minimum atomic E-state index is -4.55. The summed E-state index contributed by atoms with van der Waals surface area (Å²) < 4.78 is 46.2. The largest absolute Gasteiger partial charge is 0.495 e. The number of halogens is 3. The Morgan fingerprint density at radius 1 is 0.972 bits per heavy atom. The van der Waals surface area contributed by atoms with E-state index >= 15 is 0 Å². The Labute approximate surface area is 202 Å². The Morgan fingerprint density at radius 2 is 1.75 bits per heavy atom. The summed E-state index contributed by atoms with van der Waals surface area (Å²) in [6.07, 6.45) is 1.32. The lowest BCUT2D eigenvalue weighted by Crippen LogP contribution is -2.23. The van der Waals surface area contributed by atoms with Gasteiger partial charge in [-0.15, -0.1) is 5.10 Å². The first-order valence-corrected chi connectivity index (χ1v) is 10.8. The summed E-state index contributed by atoms with van der Waals surface area (Å²) in [6, 6.07) is 11.8. The van der Waals surface area contributed by atoms with Crippen molar-refractivity contribution in [3.8, 4) is 28.0 Å². The second kappa shape index (κ2) is 8.91. The first-order chi connectivity index (χ1) is 17.2. The molecule has 0 N–H and O–H groups in total. The van der Waals surface area contributed by atoms with Gasteiger partial charge in [-0.1, -0.05) is 35.9 Å². The molecule has 0 radical (unpaired) electrons. The highest BCUT2D eigenvalue weighted by atomic mass is 19.4. The van der Waals surface area contributed by atoms with E-state index in [2.05, 4.69) is 20.2 Å². The topological polar surface area (TPSA) is 87.2 Å². The van der Waals surface area contributed by atoms with Gasteiger partial charge in [0.1, 0.15) is 11.4 Å². The van der Waals surface area contributed by atoms with Crippen LogP contribution in [0.5, 0.6) is 5.75 Å². The fraction of sp³-hybridized carbons (Fsp3) is 0.160. The average Bonchev–Trinajstić information content (AvgIpc) is 3.18. The Hall–Kier alpha value is -4.54. The summed E-state index contributed by atoms with van der Waals surface area (Å²) in [5, 5.41) is 8.82. The molecule has 0 atom stereocenters. The molecular weight excluding hydrogens is 473 g/mol. The molecule has 0 spiro atoms. The maximum atomic E-state index is 13.1. The highest BCUT2D eigenvalue weighted by Gasteiger charge is 2.32. The minimum Gasteiger partial charge on any atom is -0.495 e. The number of hydrogen-bond acceptors (Lipinski definition) is 6. The van der Waals surface area contributed by atoms with Crippen LogP contribution in [0, 0.1) is 6.92 Å². The van der Waals surface area contributed by atoms with Crippen molar-refractivity contribution in [1.29, 1.82) is 0 Å². The van der Waals surface area contributed by atoms with Crippen LogP contribution < -0.4 is 10.4 Å². The lowest BCUT2D eigenvalue weighted by atomic mass is 9.97. The van der Waals surface area contributed by atoms with Crippen molar-refractivity contribution in [2.45, 2.75) is 19.6 Å². The van der Waals surface area contributed by atoms with Gasteiger partial charge in [0, 0.05) is 29.1 Å². The van der Waals surface area contributed by atoms with Gasteiger partial charge in [0.25, 0.3) is 0 Å². The predicted molar refractivity (Wildman–Crippen MR) is 126 cm³/mol. The van der Waals surface area contributed by atoms with Gasteiger partial charge in [-0.2, -0.15) is 22.8 Å². The van der Waals surface area contributed by atoms with Crippen LogP contribution in [0.3, 0.4) is 0 Å². The van der Waals surface area contributed by atoms with Crippen LogP contribution in [0.25, 0.3) is 27.9 Å². The number of hydrogen-bond donors (Lipinski definition) is 0. The summed E-state index contributed by atoms with van der Waals surface area (Å²) in [6.45, 7) is 1.90. The maximum Gasteiger partial charge on any atom is 0.433 e. The van der Waals surface area contributed by atoms with E-state index in [0.717, 1.165) is 38.2 Å². The zero-order valence-electron chi connectivity index (χ0n) is 19.2. The number of pyridine rings is 2. The molecule has 5 rings (SSSR count). The van der Waals surface area contributed by atoms with E-state index in [1.165, 1.54) is 13.2 Å². The number of methoxy groups -OCH3 is 1. The first-order valence-electron chi connectivity index (χ1n) is 10.8. The van der Waals surface area contributed by atoms with Crippen molar-refractivity contribution < 1.29 is 17.9 Å². The SMILES string of the molecule is COc1cncc(-c2c(-c3ccc(C)cc3)cnn3c(=O)n(Cc4ccc(C(F)(F)F)nc4)nc23)c1. The second-order valence-electron chi connectivity index (χ2n) is 8.14. The summed E-state index contributed by atoms with van der Waals surface area (Å²) in [5.41, 5.74) is 3.05. The fourth-order valence-corrected chi connectivity index (χ4v) is 3.83. The van der Waals surface area contributed by atoms with Gasteiger partial charge < -0.3 is 4.74 Å². The summed E-state index contributed by atoms with van der Waals surface area (Å²) in [5.74, 6) is 0.523. The number of aromatic nitrogens is 6. The molecule has 4 heterocycles. The van der Waals surface area contributed by atoms with Crippen molar-refractivity contribution in [2.24, 2.45) is 0 Å². The van der Waals surface area contributed by atoms with E-state index in [9.17, 15) is 18.0 Å². The standard InChI is InChI=1S/C25H19F3N6O2/c1-15-3-6-17(7-4-15)20-13-31-34-23(22(20)18-9-19(36-2)12-29-11-18)32-33(24(34)35)14-16-5-8-21(30-10-16)25(26,27)28/h3-13H,14H2,1-2H3. The quantitative estimate of drug-likeness (QED) is 0.362. The molecule has 11 heteroatoms. The lowest BCUT2D eigenvalue weighted by molar-refractivity contribution is -0.141. The molecule has 0 aliphatic rings. The third kappa shape index (κ3) is 4.30. The van der Waals surface area contributed by atoms with Gasteiger partial charge in [-0.05, 0) is 30.2 Å². The molecule has 0 saturated carbocycles. The van der Waals surface area contributed by atoms with Gasteiger partial charge in [-0.3, -0.25) is 9.97 Å². The second-order valence-corrected chi connectivity index (χ2v) is 8.14. The van der Waals surface area contributed by atoms with Gasteiger partial charge in [-0.25, -0.2) is 9.48 Å². The van der Waals surface area contributed by atoms with Crippen molar-refractivity contribution in [3.63, 3.8) is 0 Å². The molecule has 0 amide bonds. The van der Waals surface area contributed by atoms with E-state index in [1.807, 2.05) is 31.2 Å². The molecule has 0 aliphatic heterocycles. The molecule has 0 bridgehead atoms. The monoisotopic (exact) mass is 492 g/mol. The smallest absolute Gasteiger partial charge is 0.433 e. The van der Waals surface area contributed by atoms with Crippen molar-refractivity contribution in [2.75, 3.05) is 7.11 Å². The molecule has 182 valence electrons. The Kier molecular flexibility index (Phi) is 5.75. The highest BCUT2D eigenvalue weighted by Crippen LogP contribution is 2.35. The van der Waals surface area contributed by atoms with Crippen LogP contribution in [0.15, 0.2) is 72.0 Å². The first kappa shape index (κ1) is 23.2. The number of rotatable bonds is 5. The minimum absolute atomic E-state index is 0.0804. The van der Waals surface area contributed by atoms with Crippen molar-refractivity contribution >= 4 is 5.65 Å². The normalized spacial score (nSPS) is 11.7. The van der Waals surface area contributed by atoms with E-state index in [4.69, 9.17) is 4.74 Å². The number of benzene rings is 1. The Morgan fingerprint density at radius 3 is 2.42 bits per heavy atom. The molecule has 0 aliphatic carbocycles. The van der Waals surface area contributed by atoms with Gasteiger partial charge in [0.05, 0.1) is 26.0 Å². The van der Waals surface area contributed by atoms with Gasteiger partial charge in [0.15, 0.2) is 5.65 Å². The number of fused-ring (bicyclic) bond motifs is 1. The summed E-state index contributed by atoms with van der Waals surface area (Å²) >= 11 is 0. The molecule has 4 aromatic heterocycles. The highest BCUT2D eigenvalue weighted by molar-refractivity contribution is 5.91. The zero-order chi connectivity index (χ0) is 25.4. The van der Waals surface area contributed by atoms with E-state index in [1.54, 1.807) is 24.7 Å². The molecule has 0 saturated heterocycles. The zero-order valence-corrected chi connectivity index (χ0v) is 19.2. The fourth-order valence-electron chi connectivity index (χ4n) is 3.83. The average molecular weight is 492 g/mol. The molecular formula is C25H19F3N6O2. The molecule has 0 fully saturated rings. The van der Waals surface area contributed by atoms with Crippen LogP contribution in [0.4, 0.5) is 13.2 Å². The van der Waals surface area contributed by atoms with Crippen LogP contribution in [0.2, 0.25) is 0 Å². The van der Waals surface area contributed by atoms with Crippen LogP contribution in [0.1, 0.15) is 16.8 Å². The summed E-state index contributed by atoms with van der Waals surface area (Å²) in [4.78, 5) is 20.8. The van der Waals surface area contributed by atoms with Crippen LogP contribution >= 0.6 is 0 Å². The molecule has 0 unspecified atom stereocenters. The Bertz CT molecular complexity index is 1610. The molecule has 1 aromatic carbocycles. The van der Waals surface area contributed by atoms with Crippen molar-refractivity contribution in [3.05, 3.63) is 94.6 Å². The number of nitrogens with zero attached hydrogens (tertiary/aromatic N) is 6. The van der Waals surface area contributed by atoms with Crippen LogP contribution in [-0.4, -0.2) is 36.5 Å². The number of alkyl halides is 3. The van der Waals surface area contributed by atoms with Crippen molar-refractivity contribution in [1.82, 2.24) is 29.4 Å². The van der Waals surface area contributed by atoms with Gasteiger partial charge >= 0.3 is 11.9 Å². The Balaban J connectivity index is 1.67. The number of ether oxygens (including phenoxy) is 1. The third-order valence-corrected chi connectivity index (χ3v) is 5.66. The molecule has 8 nitrogen and oxygen atoms in total. The van der Waals surface area contributed by atoms with E-state index < -0.39 is 17.6 Å². The predicted octanol–water partition coefficient (Wildman–Crippen LogP) is 4.40.